The van der Waals surface area contributed by atoms with Crippen LogP contribution < -0.4 is 5.73 Å². The molecule has 0 bridgehead atoms. The third-order valence-corrected chi connectivity index (χ3v) is 4.34. The summed E-state index contributed by atoms with van der Waals surface area (Å²) < 4.78 is 13.6. The normalized spacial score (nSPS) is 35.1. The second kappa shape index (κ2) is 4.05. The van der Waals surface area contributed by atoms with E-state index in [1.165, 1.54) is 5.57 Å². The molecule has 4 heteroatoms. The number of aromatic nitrogens is 2. The molecule has 3 nitrogen and oxygen atoms in total. The molecule has 1 aromatic heterocycles. The molecule has 3 unspecified atom stereocenters. The molecule has 3 atom stereocenters. The van der Waals surface area contributed by atoms with E-state index in [0.29, 0.717) is 0 Å². The first-order chi connectivity index (χ1) is 8.64. The van der Waals surface area contributed by atoms with E-state index < -0.39 is 12.2 Å². The van der Waals surface area contributed by atoms with E-state index in [9.17, 15) is 4.39 Å². The van der Waals surface area contributed by atoms with Gasteiger partial charge in [-0.3, -0.25) is 0 Å². The van der Waals surface area contributed by atoms with Crippen LogP contribution in [-0.4, -0.2) is 22.2 Å². The maximum absolute atomic E-state index is 13.6. The predicted octanol–water partition coefficient (Wildman–Crippen LogP) is 2.38. The maximum Gasteiger partial charge on any atom is 0.137 e. The number of hydrogen-bond acceptors (Lipinski definition) is 2. The first-order valence-corrected chi connectivity index (χ1v) is 6.45. The molecule has 18 heavy (non-hydrogen) atoms. The number of halogens is 1. The molecule has 2 aliphatic carbocycles. The fourth-order valence-electron chi connectivity index (χ4n) is 3.15. The molecular formula is C14H18FN3. The van der Waals surface area contributed by atoms with Crippen LogP contribution in [0.5, 0.6) is 0 Å². The van der Waals surface area contributed by atoms with Crippen LogP contribution in [-0.2, 0) is 5.41 Å². The van der Waals surface area contributed by atoms with E-state index in [1.54, 1.807) is 12.4 Å². The van der Waals surface area contributed by atoms with Crippen molar-refractivity contribution >= 4 is 0 Å². The fraction of sp³-hybridized carbons (Fsp3) is 0.500. The molecule has 0 saturated heterocycles. The topological polar surface area (TPSA) is 54.7 Å². The molecule has 2 aliphatic rings. The Morgan fingerprint density at radius 3 is 2.78 bits per heavy atom. The zero-order valence-electron chi connectivity index (χ0n) is 10.5. The van der Waals surface area contributed by atoms with E-state index in [4.69, 9.17) is 5.73 Å². The van der Waals surface area contributed by atoms with Crippen LogP contribution in [0.3, 0.4) is 0 Å². The molecule has 0 amide bonds. The van der Waals surface area contributed by atoms with Crippen molar-refractivity contribution in [1.29, 1.82) is 0 Å². The summed E-state index contributed by atoms with van der Waals surface area (Å²) >= 11 is 0. The second-order valence-electron chi connectivity index (χ2n) is 5.36. The third-order valence-electron chi connectivity index (χ3n) is 4.34. The Kier molecular flexibility index (Phi) is 2.63. The van der Waals surface area contributed by atoms with Crippen molar-refractivity contribution in [2.45, 2.75) is 43.8 Å². The highest BCUT2D eigenvalue weighted by molar-refractivity contribution is 5.47. The summed E-state index contributed by atoms with van der Waals surface area (Å²) in [5, 5.41) is 0. The quantitative estimate of drug-likeness (QED) is 0.843. The van der Waals surface area contributed by atoms with Gasteiger partial charge in [-0.05, 0) is 36.5 Å². The number of fused-ring (bicyclic) bond motifs is 1. The van der Waals surface area contributed by atoms with Gasteiger partial charge in [0.1, 0.15) is 6.17 Å². The summed E-state index contributed by atoms with van der Waals surface area (Å²) in [7, 11) is 0. The highest BCUT2D eigenvalue weighted by Crippen LogP contribution is 2.49. The van der Waals surface area contributed by atoms with Crippen LogP contribution in [0.4, 0.5) is 4.39 Å². The minimum Gasteiger partial charge on any atom is -0.348 e. The van der Waals surface area contributed by atoms with Crippen LogP contribution in [0.25, 0.3) is 0 Å². The summed E-state index contributed by atoms with van der Waals surface area (Å²) in [6.45, 7) is 2.17. The summed E-state index contributed by atoms with van der Waals surface area (Å²) in [6.07, 6.45) is 8.97. The number of nitrogens with one attached hydrogen (secondary N) is 1. The van der Waals surface area contributed by atoms with Gasteiger partial charge in [0.05, 0.1) is 12.4 Å². The lowest BCUT2D eigenvalue weighted by atomic mass is 9.80. The van der Waals surface area contributed by atoms with Gasteiger partial charge in [-0.2, -0.15) is 0 Å². The lowest BCUT2D eigenvalue weighted by Gasteiger charge is -2.25. The first kappa shape index (κ1) is 11.7. The number of H-pyrrole nitrogens is 1. The Balaban J connectivity index is 1.99. The Labute approximate surface area is 106 Å². The van der Waals surface area contributed by atoms with Crippen molar-refractivity contribution in [2.24, 2.45) is 5.73 Å². The largest absolute Gasteiger partial charge is 0.348 e. The van der Waals surface area contributed by atoms with Crippen molar-refractivity contribution in [3.8, 4) is 0 Å². The maximum atomic E-state index is 13.6. The number of allylic oxidation sites excluding steroid dienone is 2. The van der Waals surface area contributed by atoms with Crippen LogP contribution >= 0.6 is 0 Å². The number of imidazole rings is 1. The van der Waals surface area contributed by atoms with Crippen molar-refractivity contribution in [2.75, 3.05) is 0 Å². The van der Waals surface area contributed by atoms with Crippen molar-refractivity contribution in [3.05, 3.63) is 41.5 Å². The molecule has 0 spiro atoms. The van der Waals surface area contributed by atoms with Crippen molar-refractivity contribution in [1.82, 2.24) is 9.97 Å². The first-order valence-electron chi connectivity index (χ1n) is 6.45. The van der Waals surface area contributed by atoms with Gasteiger partial charge in [0.25, 0.3) is 0 Å². The number of rotatable bonds is 2. The summed E-state index contributed by atoms with van der Waals surface area (Å²) in [5.41, 5.74) is 9.29. The predicted molar refractivity (Wildman–Crippen MR) is 68.8 cm³/mol. The monoisotopic (exact) mass is 247 g/mol. The number of alkyl halides is 1. The highest BCUT2D eigenvalue weighted by Gasteiger charge is 2.42. The van der Waals surface area contributed by atoms with E-state index in [2.05, 4.69) is 16.9 Å². The Morgan fingerprint density at radius 2 is 2.17 bits per heavy atom. The van der Waals surface area contributed by atoms with Crippen molar-refractivity contribution in [3.63, 3.8) is 0 Å². The van der Waals surface area contributed by atoms with Gasteiger partial charge in [-0.1, -0.05) is 13.0 Å². The molecule has 0 radical (unpaired) electrons. The smallest absolute Gasteiger partial charge is 0.137 e. The minimum absolute atomic E-state index is 0.0396. The summed E-state index contributed by atoms with van der Waals surface area (Å²) in [4.78, 5) is 7.33. The molecule has 1 saturated carbocycles. The summed E-state index contributed by atoms with van der Waals surface area (Å²) in [5.74, 6) is 0. The molecule has 1 heterocycles. The van der Waals surface area contributed by atoms with Crippen LogP contribution in [0.15, 0.2) is 35.8 Å². The average molecular weight is 247 g/mol. The van der Waals surface area contributed by atoms with Gasteiger partial charge in [0.15, 0.2) is 0 Å². The van der Waals surface area contributed by atoms with Gasteiger partial charge in [0.2, 0.25) is 0 Å². The van der Waals surface area contributed by atoms with Gasteiger partial charge < -0.3 is 10.7 Å². The number of nitrogens with zero attached hydrogens (tertiary/aromatic N) is 1. The second-order valence-corrected chi connectivity index (χ2v) is 5.36. The molecule has 96 valence electrons. The van der Waals surface area contributed by atoms with Crippen LogP contribution in [0.2, 0.25) is 0 Å². The van der Waals surface area contributed by atoms with E-state index >= 15 is 0 Å². The third kappa shape index (κ3) is 1.63. The molecule has 3 rings (SSSR count). The van der Waals surface area contributed by atoms with E-state index in [-0.39, 0.29) is 5.41 Å². The zero-order chi connectivity index (χ0) is 12.8. The molecule has 0 aromatic carbocycles. The van der Waals surface area contributed by atoms with Crippen molar-refractivity contribution < 1.29 is 4.39 Å². The highest BCUT2D eigenvalue weighted by atomic mass is 19.1. The number of hydrogen-bond donors (Lipinski definition) is 2. The lowest BCUT2D eigenvalue weighted by Crippen LogP contribution is -2.30. The molecule has 1 aromatic rings. The molecule has 1 fully saturated rings. The molecule has 0 aliphatic heterocycles. The Hall–Kier alpha value is -1.42. The fourth-order valence-corrected chi connectivity index (χ4v) is 3.15. The van der Waals surface area contributed by atoms with E-state index in [1.807, 2.05) is 12.3 Å². The average Bonchev–Trinajstić information content (AvgIpc) is 2.97. The zero-order valence-corrected chi connectivity index (χ0v) is 10.5. The minimum atomic E-state index is -1.04. The van der Waals surface area contributed by atoms with Gasteiger partial charge in [-0.25, -0.2) is 9.37 Å². The van der Waals surface area contributed by atoms with Gasteiger partial charge >= 0.3 is 0 Å². The van der Waals surface area contributed by atoms with E-state index in [0.717, 1.165) is 30.5 Å². The standard InChI is InChI=1S/C14H18FN3/c1-2-14(13-7-17-8-18-13)5-9-3-11(15)12(16)4-10(9)6-14/h3-4,7-8,11-12H,2,5-6,16H2,1H3,(H,17,18). The van der Waals surface area contributed by atoms with Gasteiger partial charge in [0, 0.05) is 17.3 Å². The Bertz CT molecular complexity index is 475. The lowest BCUT2D eigenvalue weighted by molar-refractivity contribution is 0.365. The van der Waals surface area contributed by atoms with Gasteiger partial charge in [-0.15, -0.1) is 0 Å². The SMILES string of the molecule is CCC1(c2cnc[nH]2)CC2=CC(N)C(F)C=C2C1. The molecular weight excluding hydrogens is 229 g/mol. The van der Waals surface area contributed by atoms with Crippen LogP contribution in [0.1, 0.15) is 31.9 Å². The number of aromatic amines is 1. The Morgan fingerprint density at radius 1 is 1.44 bits per heavy atom. The number of nitrogens with two attached hydrogens (primary N) is 1. The summed E-state index contributed by atoms with van der Waals surface area (Å²) in [6, 6.07) is -0.488. The van der Waals surface area contributed by atoms with Crippen LogP contribution in [0, 0.1) is 0 Å². The molecule has 3 N–H and O–H groups in total.